The van der Waals surface area contributed by atoms with Crippen molar-refractivity contribution in [3.63, 3.8) is 0 Å². The van der Waals surface area contributed by atoms with Crippen LogP contribution < -0.4 is 0 Å². The zero-order chi connectivity index (χ0) is 6.41. The Balaban J connectivity index is 0. The first kappa shape index (κ1) is 13.2. The molecule has 0 saturated carbocycles. The van der Waals surface area contributed by atoms with E-state index in [0.717, 1.165) is 18.2 Å². The molecule has 4 heteroatoms. The zero-order valence-corrected chi connectivity index (χ0v) is 7.66. The predicted octanol–water partition coefficient (Wildman–Crippen LogP) is 1.82. The van der Waals surface area contributed by atoms with Crippen molar-refractivity contribution in [1.82, 2.24) is 0 Å². The average molecular weight is 268 g/mol. The number of carbonyl (C=O) groups excluding carboxylic acids is 1. The normalized spacial score (nSPS) is 8.22. The molecular formula is C5H9Br2NaO. The average Bonchev–Trinajstić information content (AvgIpc) is 1.66. The van der Waals surface area contributed by atoms with E-state index in [1.54, 1.807) is 0 Å². The topological polar surface area (TPSA) is 17.1 Å². The van der Waals surface area contributed by atoms with Crippen molar-refractivity contribution < 1.29 is 4.79 Å². The van der Waals surface area contributed by atoms with Crippen molar-refractivity contribution in [2.24, 2.45) is 0 Å². The summed E-state index contributed by atoms with van der Waals surface area (Å²) in [6.45, 7) is 0. The van der Waals surface area contributed by atoms with Crippen LogP contribution in [-0.4, -0.2) is 39.6 Å². The quantitative estimate of drug-likeness (QED) is 0.329. The number of unbranched alkanes of at least 4 members (excludes halogenated alkanes) is 1. The fourth-order valence-electron chi connectivity index (χ4n) is 0.358. The molecule has 0 fully saturated rings. The third-order valence-electron chi connectivity index (χ3n) is 0.757. The minimum absolute atomic E-state index is 0. The van der Waals surface area contributed by atoms with Gasteiger partial charge in [-0.2, -0.15) is 0 Å². The Hall–Kier alpha value is 1.63. The van der Waals surface area contributed by atoms with E-state index in [1.807, 2.05) is 0 Å². The molecule has 0 spiro atoms. The summed E-state index contributed by atoms with van der Waals surface area (Å²) in [5.74, 6) is 0. The molecule has 0 radical (unpaired) electrons. The molecule has 0 bridgehead atoms. The molecule has 1 nitrogen and oxygen atoms in total. The Morgan fingerprint density at radius 2 is 1.89 bits per heavy atom. The van der Waals surface area contributed by atoms with E-state index >= 15 is 0 Å². The van der Waals surface area contributed by atoms with Gasteiger partial charge in [-0.1, -0.05) is 15.9 Å². The van der Waals surface area contributed by atoms with Crippen molar-refractivity contribution >= 4 is 66.1 Å². The molecule has 0 aliphatic rings. The van der Waals surface area contributed by atoms with Crippen LogP contribution >= 0.6 is 31.9 Å². The molecule has 0 unspecified atom stereocenters. The van der Waals surface area contributed by atoms with Crippen molar-refractivity contribution in [3.05, 3.63) is 0 Å². The van der Waals surface area contributed by atoms with Gasteiger partial charge in [-0.15, -0.1) is 0 Å². The van der Waals surface area contributed by atoms with Crippen LogP contribution in [0.25, 0.3) is 0 Å². The summed E-state index contributed by atoms with van der Waals surface area (Å²) >= 11 is 6.12. The molecule has 50 valence electrons. The number of alkyl halides is 1. The molecule has 0 aromatic carbocycles. The van der Waals surface area contributed by atoms with Gasteiger partial charge in [0.2, 0.25) is 0 Å². The molecule has 0 heterocycles. The van der Waals surface area contributed by atoms with Crippen molar-refractivity contribution in [1.29, 1.82) is 0 Å². The van der Waals surface area contributed by atoms with E-state index in [9.17, 15) is 4.79 Å². The summed E-state index contributed by atoms with van der Waals surface area (Å²) < 4.78 is 0.110. The molecule has 0 rings (SSSR count). The molecule has 0 amide bonds. The Bertz CT molecular complexity index is 77.4. The van der Waals surface area contributed by atoms with Crippen LogP contribution in [-0.2, 0) is 4.79 Å². The van der Waals surface area contributed by atoms with Crippen LogP contribution in [0.2, 0.25) is 0 Å². The van der Waals surface area contributed by atoms with Crippen molar-refractivity contribution in [3.8, 4) is 0 Å². The first-order valence-corrected chi connectivity index (χ1v) is 4.43. The van der Waals surface area contributed by atoms with Crippen LogP contribution in [0, 0.1) is 0 Å². The Kier molecular flexibility index (Phi) is 14.2. The van der Waals surface area contributed by atoms with E-state index in [2.05, 4.69) is 31.9 Å². The summed E-state index contributed by atoms with van der Waals surface area (Å²) in [5, 5.41) is 0.993. The third-order valence-corrected chi connectivity index (χ3v) is 1.71. The van der Waals surface area contributed by atoms with Gasteiger partial charge >= 0.3 is 29.6 Å². The van der Waals surface area contributed by atoms with Crippen LogP contribution in [0.4, 0.5) is 0 Å². The van der Waals surface area contributed by atoms with Gasteiger partial charge < -0.3 is 0 Å². The molecule has 0 saturated heterocycles. The molecule has 0 N–H and O–H groups in total. The Labute approximate surface area is 94.5 Å². The second-order valence-corrected chi connectivity index (χ2v) is 3.18. The van der Waals surface area contributed by atoms with Gasteiger partial charge in [0.25, 0.3) is 0 Å². The van der Waals surface area contributed by atoms with Gasteiger partial charge in [-0.25, -0.2) is 0 Å². The van der Waals surface area contributed by atoms with Crippen LogP contribution in [0.3, 0.4) is 0 Å². The fraction of sp³-hybridized carbons (Fsp3) is 0.800. The fourth-order valence-corrected chi connectivity index (χ4v) is 1.04. The Morgan fingerprint density at radius 3 is 2.22 bits per heavy atom. The van der Waals surface area contributed by atoms with E-state index in [-0.39, 0.29) is 34.2 Å². The van der Waals surface area contributed by atoms with Gasteiger partial charge in [0.1, 0.15) is 0 Å². The maximum absolute atomic E-state index is 10.2. The standard InChI is InChI=1S/C5H8Br2O.Na.H/c6-4-2-1-3-5(7)8;;/h1-4H2;;. The summed E-state index contributed by atoms with van der Waals surface area (Å²) in [6.07, 6.45) is 2.72. The van der Waals surface area contributed by atoms with Gasteiger partial charge in [0.05, 0.1) is 0 Å². The molecule has 0 atom stereocenters. The molecule has 0 aromatic rings. The molecular weight excluding hydrogens is 259 g/mol. The first-order valence-electron chi connectivity index (χ1n) is 2.51. The van der Waals surface area contributed by atoms with Crippen LogP contribution in [0.5, 0.6) is 0 Å². The summed E-state index contributed by atoms with van der Waals surface area (Å²) in [4.78, 5) is 10.2. The predicted molar refractivity (Wildman–Crippen MR) is 48.7 cm³/mol. The zero-order valence-electron chi connectivity index (χ0n) is 4.49. The number of hydrogen-bond acceptors (Lipinski definition) is 1. The van der Waals surface area contributed by atoms with Gasteiger partial charge in [0.15, 0.2) is 4.69 Å². The van der Waals surface area contributed by atoms with Crippen molar-refractivity contribution in [2.75, 3.05) is 5.33 Å². The minimum atomic E-state index is 0. The van der Waals surface area contributed by atoms with E-state index < -0.39 is 0 Å². The van der Waals surface area contributed by atoms with E-state index in [0.29, 0.717) is 6.42 Å². The van der Waals surface area contributed by atoms with Crippen LogP contribution in [0.1, 0.15) is 19.3 Å². The number of halogens is 2. The number of hydrogen-bond donors (Lipinski definition) is 0. The first-order chi connectivity index (χ1) is 3.77. The monoisotopic (exact) mass is 266 g/mol. The summed E-state index contributed by atoms with van der Waals surface area (Å²) in [5.41, 5.74) is 0. The molecule has 9 heavy (non-hydrogen) atoms. The SMILES string of the molecule is O=C(Br)CCCCBr.[NaH]. The second-order valence-electron chi connectivity index (χ2n) is 1.50. The van der Waals surface area contributed by atoms with E-state index in [4.69, 9.17) is 0 Å². The van der Waals surface area contributed by atoms with Gasteiger partial charge in [-0.3, -0.25) is 4.79 Å². The second kappa shape index (κ2) is 9.63. The molecule has 0 aromatic heterocycles. The van der Waals surface area contributed by atoms with Gasteiger partial charge in [-0.05, 0) is 28.8 Å². The maximum atomic E-state index is 10.2. The molecule has 0 aliphatic heterocycles. The van der Waals surface area contributed by atoms with Gasteiger partial charge in [0, 0.05) is 11.8 Å². The summed E-state index contributed by atoms with van der Waals surface area (Å²) in [7, 11) is 0. The Morgan fingerprint density at radius 1 is 1.33 bits per heavy atom. The van der Waals surface area contributed by atoms with Crippen molar-refractivity contribution in [2.45, 2.75) is 19.3 Å². The summed E-state index contributed by atoms with van der Waals surface area (Å²) in [6, 6.07) is 0. The van der Waals surface area contributed by atoms with E-state index in [1.165, 1.54) is 0 Å². The number of carbonyl (C=O) groups is 1. The number of rotatable bonds is 4. The third kappa shape index (κ3) is 12.8. The van der Waals surface area contributed by atoms with Crippen LogP contribution in [0.15, 0.2) is 0 Å². The molecule has 0 aliphatic carbocycles.